The first-order valence-electron chi connectivity index (χ1n) is 5.57. The Morgan fingerprint density at radius 3 is 2.89 bits per heavy atom. The summed E-state index contributed by atoms with van der Waals surface area (Å²) >= 11 is 3.20. The third-order valence-corrected chi connectivity index (χ3v) is 3.01. The SMILES string of the molecule is COc1ncccc1C(=O)Cc1cc(F)cc(Br)c1. The molecule has 0 saturated heterocycles. The van der Waals surface area contributed by atoms with Crippen molar-refractivity contribution in [3.63, 3.8) is 0 Å². The maximum atomic E-state index is 13.2. The number of pyridine rings is 1. The summed E-state index contributed by atoms with van der Waals surface area (Å²) in [6, 6.07) is 7.70. The molecular weight excluding hydrogens is 313 g/mol. The van der Waals surface area contributed by atoms with Gasteiger partial charge in [0.1, 0.15) is 5.82 Å². The van der Waals surface area contributed by atoms with Crippen LogP contribution in [0.25, 0.3) is 0 Å². The average Bonchev–Trinajstić information content (AvgIpc) is 2.37. The van der Waals surface area contributed by atoms with Crippen LogP contribution in [-0.4, -0.2) is 17.9 Å². The molecule has 0 spiro atoms. The van der Waals surface area contributed by atoms with Gasteiger partial charge in [0.2, 0.25) is 5.88 Å². The predicted molar refractivity (Wildman–Crippen MR) is 72.9 cm³/mol. The maximum absolute atomic E-state index is 13.2. The Morgan fingerprint density at radius 2 is 2.21 bits per heavy atom. The molecule has 0 saturated carbocycles. The van der Waals surface area contributed by atoms with Crippen LogP contribution in [0.2, 0.25) is 0 Å². The fraction of sp³-hybridized carbons (Fsp3) is 0.143. The Bertz CT molecular complexity index is 596. The number of rotatable bonds is 4. The smallest absolute Gasteiger partial charge is 0.224 e. The molecule has 0 radical (unpaired) electrons. The lowest BCUT2D eigenvalue weighted by Gasteiger charge is -2.06. The van der Waals surface area contributed by atoms with Crippen molar-refractivity contribution in [1.29, 1.82) is 0 Å². The number of hydrogen-bond donors (Lipinski definition) is 0. The summed E-state index contributed by atoms with van der Waals surface area (Å²) in [4.78, 5) is 16.1. The first kappa shape index (κ1) is 13.7. The number of hydrogen-bond acceptors (Lipinski definition) is 3. The van der Waals surface area contributed by atoms with Gasteiger partial charge in [-0.05, 0) is 35.9 Å². The third kappa shape index (κ3) is 3.38. The van der Waals surface area contributed by atoms with Crippen molar-refractivity contribution in [2.75, 3.05) is 7.11 Å². The van der Waals surface area contributed by atoms with Crippen molar-refractivity contribution in [2.45, 2.75) is 6.42 Å². The highest BCUT2D eigenvalue weighted by Gasteiger charge is 2.14. The molecule has 0 unspecified atom stereocenters. The van der Waals surface area contributed by atoms with E-state index in [1.54, 1.807) is 24.4 Å². The number of nitrogens with zero attached hydrogens (tertiary/aromatic N) is 1. The van der Waals surface area contributed by atoms with E-state index in [1.807, 2.05) is 0 Å². The van der Waals surface area contributed by atoms with Gasteiger partial charge in [-0.25, -0.2) is 9.37 Å². The molecule has 5 heteroatoms. The van der Waals surface area contributed by atoms with Gasteiger partial charge in [-0.15, -0.1) is 0 Å². The molecule has 19 heavy (non-hydrogen) atoms. The van der Waals surface area contributed by atoms with Gasteiger partial charge in [0.05, 0.1) is 12.7 Å². The average molecular weight is 324 g/mol. The molecule has 0 bridgehead atoms. The van der Waals surface area contributed by atoms with Gasteiger partial charge in [0.15, 0.2) is 5.78 Å². The zero-order chi connectivity index (χ0) is 13.8. The van der Waals surface area contributed by atoms with E-state index in [1.165, 1.54) is 19.2 Å². The molecule has 3 nitrogen and oxygen atoms in total. The molecule has 0 aliphatic rings. The third-order valence-electron chi connectivity index (χ3n) is 2.55. The van der Waals surface area contributed by atoms with E-state index < -0.39 is 0 Å². The first-order chi connectivity index (χ1) is 9.10. The normalized spacial score (nSPS) is 10.3. The number of methoxy groups -OCH3 is 1. The Balaban J connectivity index is 2.25. The minimum Gasteiger partial charge on any atom is -0.480 e. The van der Waals surface area contributed by atoms with E-state index in [2.05, 4.69) is 20.9 Å². The molecule has 0 atom stereocenters. The molecule has 1 aromatic carbocycles. The number of aromatic nitrogens is 1. The highest BCUT2D eigenvalue weighted by atomic mass is 79.9. The summed E-state index contributed by atoms with van der Waals surface area (Å²) in [5.41, 5.74) is 0.994. The zero-order valence-corrected chi connectivity index (χ0v) is 11.8. The Hall–Kier alpha value is -1.75. The number of carbonyl (C=O) groups excluding carboxylic acids is 1. The summed E-state index contributed by atoms with van der Waals surface area (Å²) in [6.07, 6.45) is 1.65. The molecule has 0 aliphatic heterocycles. The topological polar surface area (TPSA) is 39.2 Å². The molecule has 1 aromatic heterocycles. The van der Waals surface area contributed by atoms with Gasteiger partial charge in [-0.1, -0.05) is 15.9 Å². The lowest BCUT2D eigenvalue weighted by atomic mass is 10.0. The van der Waals surface area contributed by atoms with Crippen LogP contribution in [0.1, 0.15) is 15.9 Å². The minimum absolute atomic E-state index is 0.0956. The number of ether oxygens (including phenoxy) is 1. The lowest BCUT2D eigenvalue weighted by Crippen LogP contribution is -2.07. The largest absolute Gasteiger partial charge is 0.480 e. The van der Waals surface area contributed by atoms with Gasteiger partial charge < -0.3 is 4.74 Å². The van der Waals surface area contributed by atoms with Crippen molar-refractivity contribution in [3.8, 4) is 5.88 Å². The molecule has 0 N–H and O–H groups in total. The summed E-state index contributed by atoms with van der Waals surface area (Å²) in [6.45, 7) is 0. The molecular formula is C14H11BrFNO2. The van der Waals surface area contributed by atoms with Crippen LogP contribution in [0.5, 0.6) is 5.88 Å². The number of Topliss-reactive ketones (excluding diaryl/α,β-unsaturated/α-hetero) is 1. The molecule has 0 fully saturated rings. The van der Waals surface area contributed by atoms with E-state index in [9.17, 15) is 9.18 Å². The van der Waals surface area contributed by atoms with Crippen LogP contribution >= 0.6 is 15.9 Å². The lowest BCUT2D eigenvalue weighted by molar-refractivity contribution is 0.0989. The summed E-state index contributed by atoms with van der Waals surface area (Å²) in [5.74, 6) is -0.263. The molecule has 2 aromatic rings. The quantitative estimate of drug-likeness (QED) is 0.809. The van der Waals surface area contributed by atoms with Gasteiger partial charge in [-0.3, -0.25) is 4.79 Å². The molecule has 98 valence electrons. The van der Waals surface area contributed by atoms with Crippen LogP contribution in [0.15, 0.2) is 41.0 Å². The molecule has 0 aliphatic carbocycles. The molecule has 1 heterocycles. The van der Waals surface area contributed by atoms with Crippen molar-refractivity contribution in [3.05, 3.63) is 57.9 Å². The maximum Gasteiger partial charge on any atom is 0.224 e. The Morgan fingerprint density at radius 1 is 1.42 bits per heavy atom. The number of halogens is 2. The number of benzene rings is 1. The van der Waals surface area contributed by atoms with E-state index >= 15 is 0 Å². The molecule has 2 rings (SSSR count). The fourth-order valence-electron chi connectivity index (χ4n) is 1.76. The molecule has 0 amide bonds. The van der Waals surface area contributed by atoms with Crippen LogP contribution < -0.4 is 4.74 Å². The summed E-state index contributed by atoms with van der Waals surface area (Å²) < 4.78 is 18.9. The Labute approximate surface area is 118 Å². The van der Waals surface area contributed by atoms with Crippen LogP contribution in [0, 0.1) is 5.82 Å². The summed E-state index contributed by atoms with van der Waals surface area (Å²) in [5, 5.41) is 0. The van der Waals surface area contributed by atoms with Crippen LogP contribution in [-0.2, 0) is 6.42 Å². The number of ketones is 1. The van der Waals surface area contributed by atoms with Crippen molar-refractivity contribution < 1.29 is 13.9 Å². The van der Waals surface area contributed by atoms with Crippen LogP contribution in [0.3, 0.4) is 0 Å². The highest BCUT2D eigenvalue weighted by molar-refractivity contribution is 9.10. The second-order valence-corrected chi connectivity index (χ2v) is 4.85. The second-order valence-electron chi connectivity index (χ2n) is 3.94. The van der Waals surface area contributed by atoms with E-state index in [4.69, 9.17) is 4.74 Å². The van der Waals surface area contributed by atoms with E-state index in [0.29, 0.717) is 15.6 Å². The monoisotopic (exact) mass is 323 g/mol. The van der Waals surface area contributed by atoms with Gasteiger partial charge in [0, 0.05) is 17.1 Å². The highest BCUT2D eigenvalue weighted by Crippen LogP contribution is 2.19. The van der Waals surface area contributed by atoms with Crippen molar-refractivity contribution in [1.82, 2.24) is 4.98 Å². The van der Waals surface area contributed by atoms with Crippen molar-refractivity contribution >= 4 is 21.7 Å². The Kier molecular flexibility index (Phi) is 4.27. The van der Waals surface area contributed by atoms with E-state index in [0.717, 1.165) is 0 Å². The van der Waals surface area contributed by atoms with Gasteiger partial charge in [0.25, 0.3) is 0 Å². The fourth-order valence-corrected chi connectivity index (χ4v) is 2.27. The first-order valence-corrected chi connectivity index (χ1v) is 6.36. The predicted octanol–water partition coefficient (Wildman–Crippen LogP) is 3.42. The minimum atomic E-state index is -0.379. The van der Waals surface area contributed by atoms with Crippen LogP contribution in [0.4, 0.5) is 4.39 Å². The number of carbonyl (C=O) groups is 1. The van der Waals surface area contributed by atoms with E-state index in [-0.39, 0.29) is 23.9 Å². The standard InChI is InChI=1S/C14H11BrFNO2/c1-19-14-12(3-2-4-17-14)13(18)7-9-5-10(15)8-11(16)6-9/h2-6,8H,7H2,1H3. The van der Waals surface area contributed by atoms with Crippen molar-refractivity contribution in [2.24, 2.45) is 0 Å². The van der Waals surface area contributed by atoms with Gasteiger partial charge in [-0.2, -0.15) is 0 Å². The zero-order valence-electron chi connectivity index (χ0n) is 10.2. The second kappa shape index (κ2) is 5.93. The summed E-state index contributed by atoms with van der Waals surface area (Å²) in [7, 11) is 1.46. The van der Waals surface area contributed by atoms with Gasteiger partial charge >= 0.3 is 0 Å².